The van der Waals surface area contributed by atoms with Crippen LogP contribution in [0.25, 0.3) is 11.3 Å². The van der Waals surface area contributed by atoms with Gasteiger partial charge in [-0.05, 0) is 39.1 Å². The monoisotopic (exact) mass is 319 g/mol. The SMILES string of the molecule is C[C@H]1Cc2[nH]nc(-c3ccsc3)c2CN1C(=O)OC(C)(C)C. The Labute approximate surface area is 134 Å². The Morgan fingerprint density at radius 1 is 1.50 bits per heavy atom. The van der Waals surface area contributed by atoms with Crippen LogP contribution < -0.4 is 0 Å². The predicted molar refractivity (Wildman–Crippen MR) is 86.8 cm³/mol. The van der Waals surface area contributed by atoms with Crippen LogP contribution in [0.4, 0.5) is 4.79 Å². The molecule has 0 saturated carbocycles. The third-order valence-electron chi connectivity index (χ3n) is 3.74. The standard InChI is InChI=1S/C16H21N3O2S/c1-10-7-13-12(8-19(10)15(20)21-16(2,3)4)14(18-17-13)11-5-6-22-9-11/h5-6,9-10H,7-8H2,1-4H3,(H,17,18)/t10-/m0/s1. The van der Waals surface area contributed by atoms with Crippen LogP contribution in [-0.2, 0) is 17.7 Å². The molecule has 1 aliphatic rings. The molecule has 5 nitrogen and oxygen atoms in total. The molecule has 0 aromatic carbocycles. The summed E-state index contributed by atoms with van der Waals surface area (Å²) in [5, 5.41) is 11.7. The topological polar surface area (TPSA) is 58.2 Å². The zero-order chi connectivity index (χ0) is 15.9. The van der Waals surface area contributed by atoms with Gasteiger partial charge in [-0.1, -0.05) is 0 Å². The van der Waals surface area contributed by atoms with Crippen LogP contribution >= 0.6 is 11.3 Å². The number of aromatic amines is 1. The van der Waals surface area contributed by atoms with Crippen molar-refractivity contribution in [2.24, 2.45) is 0 Å². The molecule has 2 aromatic heterocycles. The second-order valence-electron chi connectivity index (χ2n) is 6.70. The van der Waals surface area contributed by atoms with Gasteiger partial charge in [-0.2, -0.15) is 16.4 Å². The molecule has 0 bridgehead atoms. The number of H-pyrrole nitrogens is 1. The lowest BCUT2D eigenvalue weighted by atomic mass is 9.98. The molecule has 22 heavy (non-hydrogen) atoms. The number of nitrogens with one attached hydrogen (secondary N) is 1. The molecule has 1 N–H and O–H groups in total. The summed E-state index contributed by atoms with van der Waals surface area (Å²) in [6.45, 7) is 8.24. The van der Waals surface area contributed by atoms with Crippen LogP contribution in [0, 0.1) is 0 Å². The van der Waals surface area contributed by atoms with Crippen molar-refractivity contribution in [1.82, 2.24) is 15.1 Å². The van der Waals surface area contributed by atoms with E-state index in [0.717, 1.165) is 28.9 Å². The van der Waals surface area contributed by atoms with Gasteiger partial charge in [-0.3, -0.25) is 5.10 Å². The van der Waals surface area contributed by atoms with Gasteiger partial charge in [0.25, 0.3) is 0 Å². The number of carbonyl (C=O) groups excluding carboxylic acids is 1. The van der Waals surface area contributed by atoms with Crippen molar-refractivity contribution in [3.63, 3.8) is 0 Å². The lowest BCUT2D eigenvalue weighted by molar-refractivity contribution is 0.0138. The maximum absolute atomic E-state index is 12.4. The van der Waals surface area contributed by atoms with E-state index in [2.05, 4.69) is 21.6 Å². The fourth-order valence-corrected chi connectivity index (χ4v) is 3.32. The van der Waals surface area contributed by atoms with E-state index in [-0.39, 0.29) is 12.1 Å². The maximum atomic E-state index is 12.4. The van der Waals surface area contributed by atoms with Crippen molar-refractivity contribution in [2.75, 3.05) is 0 Å². The van der Waals surface area contributed by atoms with Crippen LogP contribution in [0.3, 0.4) is 0 Å². The van der Waals surface area contributed by atoms with Gasteiger partial charge in [0.2, 0.25) is 0 Å². The third kappa shape index (κ3) is 2.88. The quantitative estimate of drug-likeness (QED) is 0.869. The third-order valence-corrected chi connectivity index (χ3v) is 4.42. The highest BCUT2D eigenvalue weighted by molar-refractivity contribution is 7.08. The van der Waals surface area contributed by atoms with Gasteiger partial charge in [-0.15, -0.1) is 0 Å². The van der Waals surface area contributed by atoms with Crippen LogP contribution in [-0.4, -0.2) is 32.8 Å². The summed E-state index contributed by atoms with van der Waals surface area (Å²) in [5.74, 6) is 0. The van der Waals surface area contributed by atoms with Crippen LogP contribution in [0.15, 0.2) is 16.8 Å². The molecule has 3 rings (SSSR count). The van der Waals surface area contributed by atoms with Crippen LogP contribution in [0.2, 0.25) is 0 Å². The summed E-state index contributed by atoms with van der Waals surface area (Å²) in [4.78, 5) is 14.2. The second-order valence-corrected chi connectivity index (χ2v) is 7.48. The van der Waals surface area contributed by atoms with Gasteiger partial charge in [0.15, 0.2) is 0 Å². The van der Waals surface area contributed by atoms with E-state index < -0.39 is 5.60 Å². The number of rotatable bonds is 1. The Bertz CT molecular complexity index is 670. The number of amides is 1. The first kappa shape index (κ1) is 15.1. The van der Waals surface area contributed by atoms with Gasteiger partial charge in [0, 0.05) is 34.7 Å². The largest absolute Gasteiger partial charge is 0.444 e. The summed E-state index contributed by atoms with van der Waals surface area (Å²) in [6.07, 6.45) is 0.509. The van der Waals surface area contributed by atoms with E-state index in [9.17, 15) is 4.79 Å². The molecule has 0 saturated heterocycles. The molecular weight excluding hydrogens is 298 g/mol. The first-order chi connectivity index (χ1) is 10.3. The van der Waals surface area contributed by atoms with Crippen molar-refractivity contribution in [2.45, 2.75) is 52.3 Å². The van der Waals surface area contributed by atoms with Crippen LogP contribution in [0.1, 0.15) is 39.0 Å². The normalized spacial score (nSPS) is 18.2. The van der Waals surface area contributed by atoms with Crippen molar-refractivity contribution < 1.29 is 9.53 Å². The molecule has 2 aromatic rings. The molecule has 3 heterocycles. The van der Waals surface area contributed by atoms with E-state index in [4.69, 9.17) is 4.74 Å². The first-order valence-electron chi connectivity index (χ1n) is 7.43. The molecule has 1 atom stereocenters. The van der Waals surface area contributed by atoms with Crippen molar-refractivity contribution >= 4 is 17.4 Å². The average molecular weight is 319 g/mol. The minimum atomic E-state index is -0.482. The number of ether oxygens (including phenoxy) is 1. The Hall–Kier alpha value is -1.82. The molecule has 0 aliphatic carbocycles. The van der Waals surface area contributed by atoms with Gasteiger partial charge < -0.3 is 9.64 Å². The predicted octanol–water partition coefficient (Wildman–Crippen LogP) is 3.82. The number of carbonyl (C=O) groups is 1. The molecular formula is C16H21N3O2S. The number of aromatic nitrogens is 2. The minimum absolute atomic E-state index is 0.0955. The number of hydrogen-bond donors (Lipinski definition) is 1. The summed E-state index contributed by atoms with van der Waals surface area (Å²) < 4.78 is 5.53. The second kappa shape index (κ2) is 5.43. The van der Waals surface area contributed by atoms with E-state index in [1.807, 2.05) is 33.1 Å². The fourth-order valence-electron chi connectivity index (χ4n) is 2.68. The van der Waals surface area contributed by atoms with E-state index in [1.165, 1.54) is 0 Å². The van der Waals surface area contributed by atoms with Crippen LogP contribution in [0.5, 0.6) is 0 Å². The number of hydrogen-bond acceptors (Lipinski definition) is 4. The highest BCUT2D eigenvalue weighted by Gasteiger charge is 2.33. The molecule has 6 heteroatoms. The summed E-state index contributed by atoms with van der Waals surface area (Å²) in [6, 6.07) is 2.15. The smallest absolute Gasteiger partial charge is 0.410 e. The van der Waals surface area contributed by atoms with Gasteiger partial charge in [0.1, 0.15) is 5.60 Å². The lowest BCUT2D eigenvalue weighted by Crippen LogP contribution is -2.45. The fraction of sp³-hybridized carbons (Fsp3) is 0.500. The summed E-state index contributed by atoms with van der Waals surface area (Å²) in [5.41, 5.74) is 3.78. The molecule has 0 radical (unpaired) electrons. The first-order valence-corrected chi connectivity index (χ1v) is 8.38. The Morgan fingerprint density at radius 3 is 2.91 bits per heavy atom. The number of fused-ring (bicyclic) bond motifs is 1. The average Bonchev–Trinajstić information content (AvgIpc) is 3.02. The molecule has 118 valence electrons. The van der Waals surface area contributed by atoms with E-state index in [1.54, 1.807) is 16.2 Å². The maximum Gasteiger partial charge on any atom is 0.410 e. The van der Waals surface area contributed by atoms with E-state index in [0.29, 0.717) is 6.54 Å². The van der Waals surface area contributed by atoms with Gasteiger partial charge in [0.05, 0.1) is 12.2 Å². The van der Waals surface area contributed by atoms with Crippen molar-refractivity contribution in [3.05, 3.63) is 28.1 Å². The molecule has 1 amide bonds. The van der Waals surface area contributed by atoms with Gasteiger partial charge >= 0.3 is 6.09 Å². The van der Waals surface area contributed by atoms with E-state index >= 15 is 0 Å². The summed E-state index contributed by atoms with van der Waals surface area (Å²) in [7, 11) is 0. The molecule has 0 fully saturated rings. The summed E-state index contributed by atoms with van der Waals surface area (Å²) >= 11 is 1.64. The van der Waals surface area contributed by atoms with Crippen molar-refractivity contribution in [3.8, 4) is 11.3 Å². The number of nitrogens with zero attached hydrogens (tertiary/aromatic N) is 2. The highest BCUT2D eigenvalue weighted by atomic mass is 32.1. The molecule has 0 unspecified atom stereocenters. The number of thiophene rings is 1. The van der Waals surface area contributed by atoms with Gasteiger partial charge in [-0.25, -0.2) is 4.79 Å². The molecule has 0 spiro atoms. The highest BCUT2D eigenvalue weighted by Crippen LogP contribution is 2.32. The zero-order valence-electron chi connectivity index (χ0n) is 13.3. The Kier molecular flexibility index (Phi) is 3.72. The Morgan fingerprint density at radius 2 is 2.27 bits per heavy atom. The lowest BCUT2D eigenvalue weighted by Gasteiger charge is -2.34. The minimum Gasteiger partial charge on any atom is -0.444 e. The molecule has 1 aliphatic heterocycles. The zero-order valence-corrected chi connectivity index (χ0v) is 14.2. The Balaban J connectivity index is 1.87. The van der Waals surface area contributed by atoms with Crippen molar-refractivity contribution in [1.29, 1.82) is 0 Å².